The van der Waals surface area contributed by atoms with Crippen LogP contribution in [0, 0.1) is 11.8 Å². The lowest BCUT2D eigenvalue weighted by Gasteiger charge is -2.37. The van der Waals surface area contributed by atoms with Gasteiger partial charge in [-0.3, -0.25) is 9.59 Å². The maximum absolute atomic E-state index is 13.9. The first-order valence-corrected chi connectivity index (χ1v) is 11.1. The minimum atomic E-state index is -0.366. The molecule has 7 heteroatoms. The third-order valence-corrected chi connectivity index (χ3v) is 6.25. The summed E-state index contributed by atoms with van der Waals surface area (Å²) in [5.41, 5.74) is 1.93. The molecule has 1 saturated heterocycles. The van der Waals surface area contributed by atoms with Crippen LogP contribution in [0.25, 0.3) is 5.57 Å². The van der Waals surface area contributed by atoms with Crippen LogP contribution in [-0.4, -0.2) is 51.1 Å². The maximum atomic E-state index is 13.9. The zero-order valence-corrected chi connectivity index (χ0v) is 19.8. The van der Waals surface area contributed by atoms with Crippen LogP contribution in [0.5, 0.6) is 17.2 Å². The van der Waals surface area contributed by atoms with Crippen molar-refractivity contribution in [3.8, 4) is 17.2 Å². The Hall–Kier alpha value is -3.48. The normalized spacial score (nSPS) is 21.0. The second kappa shape index (κ2) is 9.17. The van der Waals surface area contributed by atoms with Crippen molar-refractivity contribution in [3.63, 3.8) is 0 Å². The first-order chi connectivity index (χ1) is 15.9. The predicted molar refractivity (Wildman–Crippen MR) is 126 cm³/mol. The van der Waals surface area contributed by atoms with Crippen LogP contribution >= 0.6 is 0 Å². The zero-order chi connectivity index (χ0) is 23.7. The van der Waals surface area contributed by atoms with E-state index < -0.39 is 0 Å². The van der Waals surface area contributed by atoms with E-state index >= 15 is 0 Å². The highest BCUT2D eigenvalue weighted by molar-refractivity contribution is 6.45. The smallest absolute Gasteiger partial charge is 0.282 e. The van der Waals surface area contributed by atoms with E-state index in [0.717, 1.165) is 19.5 Å². The van der Waals surface area contributed by atoms with Crippen LogP contribution in [0.3, 0.4) is 0 Å². The Kier molecular flexibility index (Phi) is 6.31. The van der Waals surface area contributed by atoms with Crippen molar-refractivity contribution < 1.29 is 23.8 Å². The summed E-state index contributed by atoms with van der Waals surface area (Å²) in [6.07, 6.45) is 1.10. The van der Waals surface area contributed by atoms with E-state index in [1.165, 1.54) is 12.0 Å². The largest absolute Gasteiger partial charge is 0.497 e. The summed E-state index contributed by atoms with van der Waals surface area (Å²) in [6, 6.07) is 12.3. The van der Waals surface area contributed by atoms with E-state index in [4.69, 9.17) is 14.2 Å². The van der Waals surface area contributed by atoms with Crippen molar-refractivity contribution >= 4 is 23.1 Å². The molecular weight excluding hydrogens is 420 g/mol. The second-order valence-electron chi connectivity index (χ2n) is 8.79. The van der Waals surface area contributed by atoms with Crippen molar-refractivity contribution in [2.75, 3.05) is 39.3 Å². The Morgan fingerprint density at radius 2 is 1.39 bits per heavy atom. The molecule has 7 nitrogen and oxygen atoms in total. The number of imide groups is 1. The number of nitrogens with zero attached hydrogens (tertiary/aromatic N) is 2. The lowest BCUT2D eigenvalue weighted by atomic mass is 9.91. The van der Waals surface area contributed by atoms with Gasteiger partial charge in [0.1, 0.15) is 22.9 Å². The molecule has 2 heterocycles. The SMILES string of the molecule is COc1ccc(C2=C(N3CC(C)CC(C)C3)C(=O)N(c3ccc(OC)cc3OC)C2=O)cc1. The van der Waals surface area contributed by atoms with Crippen LogP contribution in [0.4, 0.5) is 5.69 Å². The van der Waals surface area contributed by atoms with E-state index in [1.54, 1.807) is 44.6 Å². The number of benzene rings is 2. The fraction of sp³-hybridized carbons (Fsp3) is 0.385. The molecule has 4 rings (SSSR count). The van der Waals surface area contributed by atoms with Crippen LogP contribution < -0.4 is 19.1 Å². The van der Waals surface area contributed by atoms with Crippen LogP contribution in [-0.2, 0) is 9.59 Å². The van der Waals surface area contributed by atoms with Gasteiger partial charge in [-0.15, -0.1) is 0 Å². The molecule has 0 aliphatic carbocycles. The zero-order valence-electron chi connectivity index (χ0n) is 19.8. The monoisotopic (exact) mass is 450 g/mol. The number of carbonyl (C=O) groups excluding carboxylic acids is 2. The van der Waals surface area contributed by atoms with Gasteiger partial charge in [0.2, 0.25) is 0 Å². The van der Waals surface area contributed by atoms with E-state index in [2.05, 4.69) is 18.7 Å². The number of piperidine rings is 1. The number of methoxy groups -OCH3 is 3. The Morgan fingerprint density at radius 1 is 0.788 bits per heavy atom. The molecule has 0 bridgehead atoms. The van der Waals surface area contributed by atoms with Gasteiger partial charge < -0.3 is 19.1 Å². The van der Waals surface area contributed by atoms with E-state index in [1.807, 2.05) is 12.1 Å². The predicted octanol–water partition coefficient (Wildman–Crippen LogP) is 3.97. The molecule has 0 spiro atoms. The third kappa shape index (κ3) is 4.15. The first kappa shape index (κ1) is 22.7. The molecule has 0 radical (unpaired) electrons. The number of anilines is 1. The summed E-state index contributed by atoms with van der Waals surface area (Å²) in [5.74, 6) is 1.80. The Balaban J connectivity index is 1.84. The summed E-state index contributed by atoms with van der Waals surface area (Å²) in [5, 5.41) is 0. The molecule has 174 valence electrons. The lowest BCUT2D eigenvalue weighted by Crippen LogP contribution is -2.42. The van der Waals surface area contributed by atoms with Gasteiger partial charge in [0.05, 0.1) is 32.6 Å². The van der Waals surface area contributed by atoms with Crippen molar-refractivity contribution in [1.29, 1.82) is 0 Å². The van der Waals surface area contributed by atoms with Gasteiger partial charge in [-0.05, 0) is 48.1 Å². The van der Waals surface area contributed by atoms with Gasteiger partial charge in [-0.1, -0.05) is 26.0 Å². The van der Waals surface area contributed by atoms with Crippen molar-refractivity contribution in [2.45, 2.75) is 20.3 Å². The van der Waals surface area contributed by atoms with Gasteiger partial charge in [0.25, 0.3) is 11.8 Å². The van der Waals surface area contributed by atoms with Crippen LogP contribution in [0.1, 0.15) is 25.8 Å². The Bertz CT molecular complexity index is 1080. The molecule has 2 amide bonds. The van der Waals surface area contributed by atoms with Crippen LogP contribution in [0.15, 0.2) is 48.2 Å². The summed E-state index contributed by atoms with van der Waals surface area (Å²) >= 11 is 0. The average Bonchev–Trinajstić information content (AvgIpc) is 3.07. The molecule has 33 heavy (non-hydrogen) atoms. The molecular formula is C26H30N2O5. The third-order valence-electron chi connectivity index (χ3n) is 6.25. The molecule has 1 fully saturated rings. The molecule has 0 saturated carbocycles. The van der Waals surface area contributed by atoms with E-state index in [0.29, 0.717) is 51.6 Å². The number of hydrogen-bond donors (Lipinski definition) is 0. The lowest BCUT2D eigenvalue weighted by molar-refractivity contribution is -0.120. The molecule has 2 aromatic rings. The highest BCUT2D eigenvalue weighted by Crippen LogP contribution is 2.41. The summed E-state index contributed by atoms with van der Waals surface area (Å²) < 4.78 is 16.1. The number of hydrogen-bond acceptors (Lipinski definition) is 6. The van der Waals surface area contributed by atoms with Gasteiger partial charge >= 0.3 is 0 Å². The van der Waals surface area contributed by atoms with E-state index in [9.17, 15) is 9.59 Å². The molecule has 2 aliphatic rings. The summed E-state index contributed by atoms with van der Waals surface area (Å²) in [7, 11) is 4.66. The average molecular weight is 451 g/mol. The summed E-state index contributed by atoms with van der Waals surface area (Å²) in [6.45, 7) is 5.82. The molecule has 2 aliphatic heterocycles. The minimum absolute atomic E-state index is 0.337. The Morgan fingerprint density at radius 3 is 1.97 bits per heavy atom. The number of rotatable bonds is 6. The fourth-order valence-corrected chi connectivity index (χ4v) is 4.86. The number of ether oxygens (including phenoxy) is 3. The molecule has 2 aromatic carbocycles. The molecule has 2 unspecified atom stereocenters. The van der Waals surface area contributed by atoms with Crippen LogP contribution in [0.2, 0.25) is 0 Å². The van der Waals surface area contributed by atoms with Gasteiger partial charge in [0, 0.05) is 19.2 Å². The second-order valence-corrected chi connectivity index (χ2v) is 8.79. The molecule has 0 N–H and O–H groups in total. The van der Waals surface area contributed by atoms with Crippen molar-refractivity contribution in [3.05, 3.63) is 53.7 Å². The highest BCUT2D eigenvalue weighted by Gasteiger charge is 2.44. The standard InChI is InChI=1S/C26H30N2O5/c1-16-12-17(2)15-27(14-16)24-23(18-6-8-19(31-3)9-7-18)25(29)28(26(24)30)21-11-10-20(32-4)13-22(21)33-5/h6-11,13,16-17H,12,14-15H2,1-5H3. The van der Waals surface area contributed by atoms with Crippen molar-refractivity contribution in [1.82, 2.24) is 4.90 Å². The quantitative estimate of drug-likeness (QED) is 0.621. The van der Waals surface area contributed by atoms with Gasteiger partial charge in [0.15, 0.2) is 0 Å². The Labute approximate surface area is 194 Å². The number of carbonyl (C=O) groups is 2. The van der Waals surface area contributed by atoms with Gasteiger partial charge in [-0.25, -0.2) is 4.90 Å². The maximum Gasteiger partial charge on any atom is 0.282 e. The molecule has 2 atom stereocenters. The fourth-order valence-electron chi connectivity index (χ4n) is 4.86. The van der Waals surface area contributed by atoms with E-state index in [-0.39, 0.29) is 11.8 Å². The highest BCUT2D eigenvalue weighted by atomic mass is 16.5. The first-order valence-electron chi connectivity index (χ1n) is 11.1. The number of likely N-dealkylation sites (tertiary alicyclic amines) is 1. The topological polar surface area (TPSA) is 68.3 Å². The van der Waals surface area contributed by atoms with Crippen molar-refractivity contribution in [2.24, 2.45) is 11.8 Å². The summed E-state index contributed by atoms with van der Waals surface area (Å²) in [4.78, 5) is 31.0. The minimum Gasteiger partial charge on any atom is -0.497 e. The molecule has 0 aromatic heterocycles. The van der Waals surface area contributed by atoms with Gasteiger partial charge in [-0.2, -0.15) is 0 Å². The number of amides is 2.